The lowest BCUT2D eigenvalue weighted by Crippen LogP contribution is -2.28. The molecule has 2 N–H and O–H groups in total. The third kappa shape index (κ3) is 7.19. The van der Waals surface area contributed by atoms with Crippen LogP contribution in [0.2, 0.25) is 0 Å². The van der Waals surface area contributed by atoms with Crippen molar-refractivity contribution >= 4 is 40.5 Å². The van der Waals surface area contributed by atoms with Gasteiger partial charge in [-0.25, -0.2) is 14.6 Å². The number of fused-ring (bicyclic) bond motifs is 1. The molecule has 0 aromatic carbocycles. The monoisotopic (exact) mass is 422 g/mol. The highest BCUT2D eigenvalue weighted by Gasteiger charge is 2.15. The maximum atomic E-state index is 11.9. The summed E-state index contributed by atoms with van der Waals surface area (Å²) in [6.07, 6.45) is 1.93. The van der Waals surface area contributed by atoms with Gasteiger partial charge in [0.05, 0.1) is 31.2 Å². The van der Waals surface area contributed by atoms with Crippen LogP contribution in [0.25, 0.3) is 11.0 Å². The van der Waals surface area contributed by atoms with Crippen molar-refractivity contribution in [2.45, 2.75) is 70.5 Å². The van der Waals surface area contributed by atoms with Crippen LogP contribution in [0.5, 0.6) is 0 Å². The topological polar surface area (TPSA) is 111 Å². The Bertz CT molecular complexity index is 837. The minimum atomic E-state index is -0.363. The number of aromatic nitrogens is 4. The Labute approximate surface area is 175 Å². The molecule has 0 spiro atoms. The molecule has 2 heterocycles. The third-order valence-corrected chi connectivity index (χ3v) is 4.61. The van der Waals surface area contributed by atoms with Crippen molar-refractivity contribution in [1.29, 1.82) is 0 Å². The van der Waals surface area contributed by atoms with E-state index in [9.17, 15) is 9.59 Å². The first-order chi connectivity index (χ1) is 13.8. The normalized spacial score (nSPS) is 11.3. The first kappa shape index (κ1) is 22.9. The summed E-state index contributed by atoms with van der Waals surface area (Å²) in [7, 11) is 0. The number of anilines is 1. The van der Waals surface area contributed by atoms with E-state index in [4.69, 9.17) is 4.74 Å². The van der Waals surface area contributed by atoms with Gasteiger partial charge in [-0.3, -0.25) is 9.59 Å². The first-order valence-corrected chi connectivity index (χ1v) is 10.8. The van der Waals surface area contributed by atoms with E-state index in [1.54, 1.807) is 29.6 Å². The van der Waals surface area contributed by atoms with Crippen LogP contribution in [0.1, 0.15) is 47.5 Å². The number of nitrogens with zero attached hydrogens (tertiary/aromatic N) is 4. The minimum Gasteiger partial charge on any atom is -0.466 e. The van der Waals surface area contributed by atoms with Gasteiger partial charge in [-0.15, -0.1) is 0 Å². The Hall–Kier alpha value is -2.36. The number of hydrogen-bond acceptors (Lipinski definition) is 8. The lowest BCUT2D eigenvalue weighted by Gasteiger charge is -2.12. The Morgan fingerprint density at radius 1 is 1.21 bits per heavy atom. The predicted octanol–water partition coefficient (Wildman–Crippen LogP) is 2.61. The summed E-state index contributed by atoms with van der Waals surface area (Å²) < 4.78 is 6.59. The molecule has 160 valence electrons. The van der Waals surface area contributed by atoms with Crippen LogP contribution in [-0.2, 0) is 20.9 Å². The summed E-state index contributed by atoms with van der Waals surface area (Å²) in [6.45, 7) is 11.2. The van der Waals surface area contributed by atoms with Crippen molar-refractivity contribution in [1.82, 2.24) is 25.1 Å². The summed E-state index contributed by atoms with van der Waals surface area (Å²) in [5.41, 5.74) is 0.729. The molecule has 0 aliphatic heterocycles. The summed E-state index contributed by atoms with van der Waals surface area (Å²) in [5.74, 6) is 0.206. The van der Waals surface area contributed by atoms with Gasteiger partial charge in [-0.05, 0) is 20.8 Å². The lowest BCUT2D eigenvalue weighted by atomic mass is 10.3. The fraction of sp³-hybridized carbons (Fsp3) is 0.632. The van der Waals surface area contributed by atoms with Crippen molar-refractivity contribution in [3.8, 4) is 0 Å². The maximum absolute atomic E-state index is 11.9. The molecule has 2 aromatic heterocycles. The molecule has 0 bridgehead atoms. The molecule has 0 saturated heterocycles. The molecule has 0 radical (unpaired) electrons. The number of thioether (sulfide) groups is 1. The Kier molecular flexibility index (Phi) is 8.69. The number of amides is 1. The van der Waals surface area contributed by atoms with Crippen LogP contribution < -0.4 is 10.6 Å². The Morgan fingerprint density at radius 3 is 2.62 bits per heavy atom. The zero-order chi connectivity index (χ0) is 21.4. The van der Waals surface area contributed by atoms with Gasteiger partial charge < -0.3 is 15.4 Å². The van der Waals surface area contributed by atoms with Crippen molar-refractivity contribution < 1.29 is 14.3 Å². The number of carbonyl (C=O) groups excluding carboxylic acids is 2. The van der Waals surface area contributed by atoms with Gasteiger partial charge in [0.15, 0.2) is 10.8 Å². The van der Waals surface area contributed by atoms with Crippen LogP contribution >= 0.6 is 11.8 Å². The second-order valence-electron chi connectivity index (χ2n) is 7.08. The van der Waals surface area contributed by atoms with E-state index in [-0.39, 0.29) is 30.8 Å². The molecule has 0 aliphatic rings. The zero-order valence-corrected chi connectivity index (χ0v) is 18.5. The fourth-order valence-electron chi connectivity index (χ4n) is 2.58. The van der Waals surface area contributed by atoms with E-state index in [0.717, 1.165) is 16.9 Å². The number of esters is 1. The molecule has 29 heavy (non-hydrogen) atoms. The third-order valence-electron chi connectivity index (χ3n) is 3.75. The summed E-state index contributed by atoms with van der Waals surface area (Å²) in [6, 6.07) is 0.229. The van der Waals surface area contributed by atoms with Crippen molar-refractivity contribution in [3.05, 3.63) is 6.20 Å². The second kappa shape index (κ2) is 11.0. The van der Waals surface area contributed by atoms with E-state index < -0.39 is 0 Å². The van der Waals surface area contributed by atoms with Gasteiger partial charge in [0.2, 0.25) is 5.91 Å². The van der Waals surface area contributed by atoms with E-state index in [0.29, 0.717) is 30.1 Å². The zero-order valence-electron chi connectivity index (χ0n) is 17.7. The molecule has 0 unspecified atom stereocenters. The largest absolute Gasteiger partial charge is 0.466 e. The van der Waals surface area contributed by atoms with Gasteiger partial charge >= 0.3 is 5.97 Å². The van der Waals surface area contributed by atoms with Crippen molar-refractivity contribution in [3.63, 3.8) is 0 Å². The fourth-order valence-corrected chi connectivity index (χ4v) is 3.29. The molecular weight excluding hydrogens is 392 g/mol. The van der Waals surface area contributed by atoms with Gasteiger partial charge in [0.1, 0.15) is 5.82 Å². The second-order valence-corrected chi connectivity index (χ2v) is 8.62. The quantitative estimate of drug-likeness (QED) is 0.323. The lowest BCUT2D eigenvalue weighted by molar-refractivity contribution is -0.144. The Morgan fingerprint density at radius 2 is 1.97 bits per heavy atom. The number of ether oxygens (including phenoxy) is 1. The number of rotatable bonds is 11. The van der Waals surface area contributed by atoms with Crippen LogP contribution in [-0.4, -0.2) is 56.1 Å². The summed E-state index contributed by atoms with van der Waals surface area (Å²) >= 11 is 1.59. The summed E-state index contributed by atoms with van der Waals surface area (Å²) in [5, 5.41) is 12.5. The highest BCUT2D eigenvalue weighted by atomic mass is 32.2. The molecule has 0 aliphatic carbocycles. The molecule has 2 aromatic rings. The van der Waals surface area contributed by atoms with E-state index in [1.165, 1.54) is 0 Å². The summed E-state index contributed by atoms with van der Waals surface area (Å²) in [4.78, 5) is 32.5. The molecule has 0 atom stereocenters. The van der Waals surface area contributed by atoms with Crippen molar-refractivity contribution in [2.24, 2.45) is 0 Å². The van der Waals surface area contributed by atoms with Crippen LogP contribution in [0.15, 0.2) is 11.4 Å². The molecule has 9 nitrogen and oxygen atoms in total. The minimum absolute atomic E-state index is 0.0810. The van der Waals surface area contributed by atoms with E-state index in [2.05, 4.69) is 53.4 Å². The molecule has 1 amide bonds. The van der Waals surface area contributed by atoms with E-state index in [1.807, 2.05) is 0 Å². The average Bonchev–Trinajstić information content (AvgIpc) is 3.02. The molecule has 0 fully saturated rings. The molecule has 2 rings (SSSR count). The average molecular weight is 423 g/mol. The van der Waals surface area contributed by atoms with Crippen molar-refractivity contribution in [2.75, 3.05) is 18.5 Å². The van der Waals surface area contributed by atoms with Crippen LogP contribution in [0, 0.1) is 0 Å². The smallest absolute Gasteiger partial charge is 0.306 e. The van der Waals surface area contributed by atoms with Gasteiger partial charge in [0, 0.05) is 24.3 Å². The van der Waals surface area contributed by atoms with E-state index >= 15 is 0 Å². The molecular formula is C19H30N6O3S. The maximum Gasteiger partial charge on any atom is 0.306 e. The number of nitrogens with one attached hydrogen (secondary N) is 2. The van der Waals surface area contributed by atoms with Gasteiger partial charge in [-0.2, -0.15) is 5.10 Å². The molecule has 10 heteroatoms. The molecule has 0 saturated carbocycles. The predicted molar refractivity (Wildman–Crippen MR) is 114 cm³/mol. The first-order valence-electron chi connectivity index (χ1n) is 9.89. The number of carbonyl (C=O) groups is 2. The number of hydrogen-bond donors (Lipinski definition) is 2. The van der Waals surface area contributed by atoms with Gasteiger partial charge in [-0.1, -0.05) is 25.6 Å². The standard InChI is InChI=1S/C19H30N6O3S/c1-6-28-16(27)8-7-15(26)20-9-10-25-18-14(11-21-25)17(22-12(2)3)23-19(24-18)29-13(4)5/h11-13H,6-10H2,1-5H3,(H,20,26)(H,22,23,24). The SMILES string of the molecule is CCOC(=O)CCC(=O)NCCn1ncc2c(NC(C)C)nc(SC(C)C)nc21. The Balaban J connectivity index is 2.05. The van der Waals surface area contributed by atoms with Crippen LogP contribution in [0.4, 0.5) is 5.82 Å². The van der Waals surface area contributed by atoms with Crippen LogP contribution in [0.3, 0.4) is 0 Å². The van der Waals surface area contributed by atoms with Gasteiger partial charge in [0.25, 0.3) is 0 Å². The highest BCUT2D eigenvalue weighted by molar-refractivity contribution is 7.99. The highest BCUT2D eigenvalue weighted by Crippen LogP contribution is 2.26.